The Morgan fingerprint density at radius 2 is 1.50 bits per heavy atom. The zero-order chi connectivity index (χ0) is 13.3. The van der Waals surface area contributed by atoms with Crippen molar-refractivity contribution in [1.29, 1.82) is 0 Å². The standard InChI is InChI=1S/C12H6Cl2F3N/c13-9-5-18-6-10(14)11(9)7-3-1-2-4-8(7)12(15,16)17/h1-6H. The predicted octanol–water partition coefficient (Wildman–Crippen LogP) is 5.07. The van der Waals surface area contributed by atoms with Crippen LogP contribution in [0.2, 0.25) is 10.0 Å². The fraction of sp³-hybridized carbons (Fsp3) is 0.0833. The highest BCUT2D eigenvalue weighted by atomic mass is 35.5. The predicted molar refractivity (Wildman–Crippen MR) is 64.7 cm³/mol. The summed E-state index contributed by atoms with van der Waals surface area (Å²) in [6, 6.07) is 5.13. The molecule has 2 aromatic rings. The summed E-state index contributed by atoms with van der Waals surface area (Å²) in [7, 11) is 0. The summed E-state index contributed by atoms with van der Waals surface area (Å²) in [4.78, 5) is 3.72. The second kappa shape index (κ2) is 4.78. The molecular weight excluding hydrogens is 286 g/mol. The first-order valence-electron chi connectivity index (χ1n) is 4.87. The molecule has 0 unspecified atom stereocenters. The average molecular weight is 292 g/mol. The van der Waals surface area contributed by atoms with Gasteiger partial charge in [0.25, 0.3) is 0 Å². The Kier molecular flexibility index (Phi) is 3.50. The minimum absolute atomic E-state index is 0.0533. The van der Waals surface area contributed by atoms with Crippen molar-refractivity contribution in [3.05, 3.63) is 52.3 Å². The minimum atomic E-state index is -4.47. The lowest BCUT2D eigenvalue weighted by Gasteiger charge is -2.14. The van der Waals surface area contributed by atoms with E-state index in [1.807, 2.05) is 0 Å². The third kappa shape index (κ3) is 2.44. The van der Waals surface area contributed by atoms with Gasteiger partial charge in [-0.1, -0.05) is 41.4 Å². The van der Waals surface area contributed by atoms with Crippen molar-refractivity contribution in [3.8, 4) is 11.1 Å². The van der Waals surface area contributed by atoms with Gasteiger partial charge < -0.3 is 0 Å². The third-order valence-electron chi connectivity index (χ3n) is 2.36. The second-order valence-electron chi connectivity index (χ2n) is 3.52. The van der Waals surface area contributed by atoms with Crippen LogP contribution in [0.5, 0.6) is 0 Å². The molecule has 0 aliphatic rings. The summed E-state index contributed by atoms with van der Waals surface area (Å²) < 4.78 is 38.7. The minimum Gasteiger partial charge on any atom is -0.262 e. The van der Waals surface area contributed by atoms with Gasteiger partial charge in [-0.15, -0.1) is 0 Å². The molecule has 1 aromatic carbocycles. The summed E-state index contributed by atoms with van der Waals surface area (Å²) in [5.41, 5.74) is -0.691. The summed E-state index contributed by atoms with van der Waals surface area (Å²) >= 11 is 11.7. The number of rotatable bonds is 1. The molecular formula is C12H6Cl2F3N. The van der Waals surface area contributed by atoms with E-state index in [1.165, 1.54) is 30.6 Å². The fourth-order valence-corrected chi connectivity index (χ4v) is 2.19. The summed E-state index contributed by atoms with van der Waals surface area (Å²) in [6.45, 7) is 0. The molecule has 0 bridgehead atoms. The van der Waals surface area contributed by atoms with Crippen molar-refractivity contribution in [1.82, 2.24) is 4.98 Å². The monoisotopic (exact) mass is 291 g/mol. The lowest BCUT2D eigenvalue weighted by Crippen LogP contribution is -2.07. The van der Waals surface area contributed by atoms with Crippen molar-refractivity contribution in [2.24, 2.45) is 0 Å². The van der Waals surface area contributed by atoms with E-state index in [0.29, 0.717) is 0 Å². The van der Waals surface area contributed by atoms with Gasteiger partial charge in [-0.3, -0.25) is 4.98 Å². The van der Waals surface area contributed by atoms with Crippen LogP contribution in [0, 0.1) is 0 Å². The fourth-order valence-electron chi connectivity index (χ4n) is 1.62. The molecule has 0 atom stereocenters. The third-order valence-corrected chi connectivity index (χ3v) is 2.93. The number of aromatic nitrogens is 1. The topological polar surface area (TPSA) is 12.9 Å². The SMILES string of the molecule is FC(F)(F)c1ccccc1-c1c(Cl)cncc1Cl. The van der Waals surface area contributed by atoms with Gasteiger partial charge in [-0.2, -0.15) is 13.2 Å². The number of benzene rings is 1. The van der Waals surface area contributed by atoms with Gasteiger partial charge in [0.2, 0.25) is 0 Å². The van der Waals surface area contributed by atoms with Crippen LogP contribution in [0.15, 0.2) is 36.7 Å². The first-order chi connectivity index (χ1) is 8.41. The molecule has 0 amide bonds. The first kappa shape index (κ1) is 13.2. The lowest BCUT2D eigenvalue weighted by molar-refractivity contribution is -0.137. The van der Waals surface area contributed by atoms with E-state index >= 15 is 0 Å². The smallest absolute Gasteiger partial charge is 0.262 e. The highest BCUT2D eigenvalue weighted by Gasteiger charge is 2.34. The van der Waals surface area contributed by atoms with Crippen LogP contribution < -0.4 is 0 Å². The maximum atomic E-state index is 12.9. The van der Waals surface area contributed by atoms with Crippen LogP contribution in [-0.2, 0) is 6.18 Å². The molecule has 0 saturated heterocycles. The maximum absolute atomic E-state index is 12.9. The molecule has 0 aliphatic carbocycles. The highest BCUT2D eigenvalue weighted by Crippen LogP contribution is 2.41. The van der Waals surface area contributed by atoms with Gasteiger partial charge in [0.1, 0.15) is 0 Å². The number of alkyl halides is 3. The van der Waals surface area contributed by atoms with Gasteiger partial charge in [-0.25, -0.2) is 0 Å². The Labute approximate surface area is 111 Å². The Hall–Kier alpha value is -1.26. The van der Waals surface area contributed by atoms with Crippen LogP contribution in [0.4, 0.5) is 13.2 Å². The molecule has 0 fully saturated rings. The zero-order valence-electron chi connectivity index (χ0n) is 8.80. The Morgan fingerprint density at radius 1 is 0.944 bits per heavy atom. The van der Waals surface area contributed by atoms with Crippen LogP contribution in [-0.4, -0.2) is 4.98 Å². The summed E-state index contributed by atoms with van der Waals surface area (Å²) in [6.07, 6.45) is -1.95. The molecule has 0 radical (unpaired) electrons. The molecule has 0 N–H and O–H groups in total. The van der Waals surface area contributed by atoms with E-state index in [4.69, 9.17) is 23.2 Å². The van der Waals surface area contributed by atoms with E-state index in [1.54, 1.807) is 0 Å². The number of halogens is 5. The molecule has 0 saturated carbocycles. The summed E-state index contributed by atoms with van der Waals surface area (Å²) in [5.74, 6) is 0. The van der Waals surface area contributed by atoms with Crippen molar-refractivity contribution < 1.29 is 13.2 Å². The maximum Gasteiger partial charge on any atom is 0.417 e. The number of nitrogens with zero attached hydrogens (tertiary/aromatic N) is 1. The largest absolute Gasteiger partial charge is 0.417 e. The molecule has 1 nitrogen and oxygen atoms in total. The molecule has 6 heteroatoms. The molecule has 0 spiro atoms. The average Bonchev–Trinajstić information content (AvgIpc) is 2.28. The normalized spacial score (nSPS) is 11.6. The van der Waals surface area contributed by atoms with Crippen molar-refractivity contribution in [2.75, 3.05) is 0 Å². The number of hydrogen-bond donors (Lipinski definition) is 0. The number of hydrogen-bond acceptors (Lipinski definition) is 1. The zero-order valence-corrected chi connectivity index (χ0v) is 10.3. The Morgan fingerprint density at radius 3 is 2.06 bits per heavy atom. The second-order valence-corrected chi connectivity index (χ2v) is 4.34. The first-order valence-corrected chi connectivity index (χ1v) is 5.62. The number of pyridine rings is 1. The Bertz CT molecular complexity index is 562. The van der Waals surface area contributed by atoms with Crippen molar-refractivity contribution in [2.45, 2.75) is 6.18 Å². The molecule has 2 rings (SSSR count). The summed E-state index contributed by atoms with van der Waals surface area (Å²) in [5, 5.41) is 0.165. The molecule has 18 heavy (non-hydrogen) atoms. The molecule has 1 heterocycles. The molecule has 1 aromatic heterocycles. The van der Waals surface area contributed by atoms with E-state index in [9.17, 15) is 13.2 Å². The lowest BCUT2D eigenvalue weighted by atomic mass is 10.0. The van der Waals surface area contributed by atoms with Crippen LogP contribution in [0.25, 0.3) is 11.1 Å². The quantitative estimate of drug-likeness (QED) is 0.714. The van der Waals surface area contributed by atoms with Crippen molar-refractivity contribution >= 4 is 23.2 Å². The van der Waals surface area contributed by atoms with Gasteiger partial charge in [0.15, 0.2) is 0 Å². The molecule has 94 valence electrons. The van der Waals surface area contributed by atoms with E-state index in [0.717, 1.165) is 6.07 Å². The van der Waals surface area contributed by atoms with Gasteiger partial charge in [0.05, 0.1) is 15.6 Å². The van der Waals surface area contributed by atoms with E-state index < -0.39 is 11.7 Å². The van der Waals surface area contributed by atoms with Gasteiger partial charge in [-0.05, 0) is 11.6 Å². The highest BCUT2D eigenvalue weighted by molar-refractivity contribution is 6.39. The van der Waals surface area contributed by atoms with Crippen LogP contribution >= 0.6 is 23.2 Å². The van der Waals surface area contributed by atoms with E-state index in [2.05, 4.69) is 4.98 Å². The van der Waals surface area contributed by atoms with E-state index in [-0.39, 0.29) is 21.2 Å². The van der Waals surface area contributed by atoms with Crippen LogP contribution in [0.1, 0.15) is 5.56 Å². The Balaban J connectivity index is 2.73. The van der Waals surface area contributed by atoms with Gasteiger partial charge >= 0.3 is 6.18 Å². The van der Waals surface area contributed by atoms with Crippen molar-refractivity contribution in [3.63, 3.8) is 0 Å². The molecule has 0 aliphatic heterocycles. The van der Waals surface area contributed by atoms with Gasteiger partial charge in [0, 0.05) is 18.0 Å². The van der Waals surface area contributed by atoms with Crippen LogP contribution in [0.3, 0.4) is 0 Å².